The number of halogens is 2. The molecule has 0 radical (unpaired) electrons. The number of hydrogen-bond acceptors (Lipinski definition) is 4. The number of carboxylic acids is 1. The maximum Gasteiger partial charge on any atom is 0.339 e. The Morgan fingerprint density at radius 2 is 2.13 bits per heavy atom. The van der Waals surface area contributed by atoms with E-state index < -0.39 is 27.4 Å². The molecule has 0 spiro atoms. The summed E-state index contributed by atoms with van der Waals surface area (Å²) in [4.78, 5) is 20.3. The van der Waals surface area contributed by atoms with Crippen molar-refractivity contribution in [2.75, 3.05) is 0 Å². The lowest BCUT2D eigenvalue weighted by Crippen LogP contribution is -2.01. The van der Waals surface area contributed by atoms with Gasteiger partial charge in [-0.1, -0.05) is 11.6 Å². The molecule has 15 heavy (non-hydrogen) atoms. The number of benzene rings is 1. The van der Waals surface area contributed by atoms with E-state index in [2.05, 4.69) is 4.29 Å². The van der Waals surface area contributed by atoms with E-state index in [-0.39, 0.29) is 5.56 Å². The first-order chi connectivity index (χ1) is 6.99. The lowest BCUT2D eigenvalue weighted by molar-refractivity contribution is -0.384. The van der Waals surface area contributed by atoms with Crippen molar-refractivity contribution in [2.45, 2.75) is 0 Å². The number of carbonyl (C=O) groups is 1. The number of nitrogens with zero attached hydrogens (tertiary/aromatic N) is 1. The minimum Gasteiger partial charge on any atom is -0.478 e. The van der Waals surface area contributed by atoms with Gasteiger partial charge in [0.15, 0.2) is 10.8 Å². The number of carboxylic acid groups (broad SMARTS) is 1. The van der Waals surface area contributed by atoms with Gasteiger partial charge in [-0.3, -0.25) is 10.1 Å². The van der Waals surface area contributed by atoms with Gasteiger partial charge in [-0.2, -0.15) is 0 Å². The zero-order valence-corrected chi connectivity index (χ0v) is 8.45. The van der Waals surface area contributed by atoms with Crippen LogP contribution in [0.25, 0.3) is 0 Å². The van der Waals surface area contributed by atoms with Crippen LogP contribution in [0.4, 0.5) is 5.69 Å². The molecule has 8 heteroatoms. The van der Waals surface area contributed by atoms with Crippen molar-refractivity contribution in [3.63, 3.8) is 0 Å². The second-order valence-corrected chi connectivity index (χ2v) is 2.95. The number of aromatic carboxylic acids is 1. The molecule has 0 bridgehead atoms. The Kier molecular flexibility index (Phi) is 3.33. The molecule has 1 aromatic carbocycles. The number of rotatable bonds is 3. The molecule has 6 nitrogen and oxygen atoms in total. The average molecular weight is 252 g/mol. The molecule has 0 saturated heterocycles. The largest absolute Gasteiger partial charge is 0.478 e. The molecular formula is C7H3Cl2NO5. The Bertz CT molecular complexity index is 434. The van der Waals surface area contributed by atoms with Crippen molar-refractivity contribution in [3.8, 4) is 5.75 Å². The summed E-state index contributed by atoms with van der Waals surface area (Å²) in [5.74, 6) is -1.79. The van der Waals surface area contributed by atoms with Gasteiger partial charge < -0.3 is 9.40 Å². The summed E-state index contributed by atoms with van der Waals surface area (Å²) in [7, 11) is 0. The normalized spacial score (nSPS) is 9.73. The standard InChI is InChI=1S/C7H3Cl2NO5/c8-5-4(10(13)14)2-1-3(7(11)12)6(5)15-9/h1-2H,(H,11,12). The highest BCUT2D eigenvalue weighted by molar-refractivity contribution is 6.35. The van der Waals surface area contributed by atoms with Crippen molar-refractivity contribution in [1.29, 1.82) is 0 Å². The van der Waals surface area contributed by atoms with Gasteiger partial charge in [-0.15, -0.1) is 0 Å². The Morgan fingerprint density at radius 3 is 2.53 bits per heavy atom. The summed E-state index contributed by atoms with van der Waals surface area (Å²) in [6, 6.07) is 1.95. The van der Waals surface area contributed by atoms with Crippen molar-refractivity contribution < 1.29 is 19.1 Å². The lowest BCUT2D eigenvalue weighted by Gasteiger charge is -2.04. The molecule has 1 N–H and O–H groups in total. The quantitative estimate of drug-likeness (QED) is 0.659. The van der Waals surface area contributed by atoms with Crippen LogP contribution in [0.3, 0.4) is 0 Å². The van der Waals surface area contributed by atoms with Gasteiger partial charge in [-0.05, 0) is 6.07 Å². The monoisotopic (exact) mass is 251 g/mol. The molecular weight excluding hydrogens is 249 g/mol. The highest BCUT2D eigenvalue weighted by atomic mass is 35.5. The van der Waals surface area contributed by atoms with E-state index >= 15 is 0 Å². The predicted octanol–water partition coefficient (Wildman–Crippen LogP) is 2.48. The molecule has 0 atom stereocenters. The average Bonchev–Trinajstić information content (AvgIpc) is 2.16. The molecule has 80 valence electrons. The minimum absolute atomic E-state index is 0.347. The Balaban J connectivity index is 3.45. The summed E-state index contributed by atoms with van der Waals surface area (Å²) in [5, 5.41) is 18.7. The fraction of sp³-hybridized carbons (Fsp3) is 0. The van der Waals surface area contributed by atoms with Crippen LogP contribution in [-0.4, -0.2) is 16.0 Å². The topological polar surface area (TPSA) is 89.7 Å². The first-order valence-electron chi connectivity index (χ1n) is 3.47. The fourth-order valence-electron chi connectivity index (χ4n) is 0.931. The minimum atomic E-state index is -1.34. The molecule has 0 aliphatic carbocycles. The van der Waals surface area contributed by atoms with Gasteiger partial charge in [0.25, 0.3) is 5.69 Å². The molecule has 1 aromatic rings. The van der Waals surface area contributed by atoms with E-state index in [0.717, 1.165) is 12.1 Å². The molecule has 0 saturated carbocycles. The Morgan fingerprint density at radius 1 is 1.53 bits per heavy atom. The van der Waals surface area contributed by atoms with Crippen LogP contribution in [0.5, 0.6) is 5.75 Å². The van der Waals surface area contributed by atoms with Crippen LogP contribution >= 0.6 is 23.5 Å². The van der Waals surface area contributed by atoms with Gasteiger partial charge in [0.1, 0.15) is 17.4 Å². The van der Waals surface area contributed by atoms with Gasteiger partial charge in [-0.25, -0.2) is 4.79 Å². The molecule has 1 rings (SSSR count). The molecule has 0 heterocycles. The highest BCUT2D eigenvalue weighted by Crippen LogP contribution is 2.37. The molecule has 0 aromatic heterocycles. The van der Waals surface area contributed by atoms with Crippen molar-refractivity contribution in [3.05, 3.63) is 32.8 Å². The maximum atomic E-state index is 10.6. The summed E-state index contributed by atoms with van der Waals surface area (Å²) >= 11 is 10.5. The third kappa shape index (κ3) is 2.11. The smallest absolute Gasteiger partial charge is 0.339 e. The van der Waals surface area contributed by atoms with E-state index in [0.29, 0.717) is 0 Å². The van der Waals surface area contributed by atoms with Gasteiger partial charge in [0, 0.05) is 6.07 Å². The van der Waals surface area contributed by atoms with E-state index in [1.807, 2.05) is 0 Å². The second kappa shape index (κ2) is 4.33. The summed E-state index contributed by atoms with van der Waals surface area (Å²) in [5.41, 5.74) is -0.821. The summed E-state index contributed by atoms with van der Waals surface area (Å²) in [6.07, 6.45) is 0. The van der Waals surface area contributed by atoms with Crippen molar-refractivity contribution >= 4 is 35.1 Å². The van der Waals surface area contributed by atoms with E-state index in [1.165, 1.54) is 0 Å². The predicted molar refractivity (Wildman–Crippen MR) is 51.5 cm³/mol. The zero-order chi connectivity index (χ0) is 11.6. The van der Waals surface area contributed by atoms with E-state index in [1.54, 1.807) is 0 Å². The SMILES string of the molecule is O=C(O)c1ccc([N+](=O)[O-])c(Cl)c1OCl. The van der Waals surface area contributed by atoms with Crippen LogP contribution in [0.2, 0.25) is 5.02 Å². The first kappa shape index (κ1) is 11.5. The van der Waals surface area contributed by atoms with Crippen molar-refractivity contribution in [2.24, 2.45) is 0 Å². The first-order valence-corrected chi connectivity index (χ1v) is 4.16. The second-order valence-electron chi connectivity index (χ2n) is 2.41. The Labute approximate surface area is 93.3 Å². The number of nitro benzene ring substituents is 1. The van der Waals surface area contributed by atoms with Gasteiger partial charge >= 0.3 is 5.97 Å². The molecule has 0 aliphatic rings. The summed E-state index contributed by atoms with van der Waals surface area (Å²) in [6.45, 7) is 0. The fourth-order valence-corrected chi connectivity index (χ4v) is 1.40. The third-order valence-corrected chi connectivity index (χ3v) is 2.10. The van der Waals surface area contributed by atoms with E-state index in [4.69, 9.17) is 28.6 Å². The maximum absolute atomic E-state index is 10.6. The van der Waals surface area contributed by atoms with Crippen LogP contribution in [-0.2, 0) is 0 Å². The van der Waals surface area contributed by atoms with Crippen LogP contribution in [0.15, 0.2) is 12.1 Å². The van der Waals surface area contributed by atoms with Crippen molar-refractivity contribution in [1.82, 2.24) is 0 Å². The Hall–Kier alpha value is -1.53. The number of nitro groups is 1. The molecule has 0 aliphatic heterocycles. The summed E-state index contributed by atoms with van der Waals surface area (Å²) < 4.78 is 4.18. The van der Waals surface area contributed by atoms with Crippen LogP contribution in [0.1, 0.15) is 10.4 Å². The highest BCUT2D eigenvalue weighted by Gasteiger charge is 2.23. The third-order valence-electron chi connectivity index (χ3n) is 1.58. The molecule has 0 unspecified atom stereocenters. The van der Waals surface area contributed by atoms with Crippen LogP contribution in [0, 0.1) is 10.1 Å². The molecule has 0 fully saturated rings. The lowest BCUT2D eigenvalue weighted by atomic mass is 10.2. The van der Waals surface area contributed by atoms with Gasteiger partial charge in [0.05, 0.1) is 4.92 Å². The van der Waals surface area contributed by atoms with E-state index in [9.17, 15) is 14.9 Å². The zero-order valence-electron chi connectivity index (χ0n) is 6.94. The molecule has 0 amide bonds. The van der Waals surface area contributed by atoms with Gasteiger partial charge in [0.2, 0.25) is 0 Å². The van der Waals surface area contributed by atoms with Crippen LogP contribution < -0.4 is 4.29 Å². The number of hydrogen-bond donors (Lipinski definition) is 1.